The summed E-state index contributed by atoms with van der Waals surface area (Å²) in [6.45, 7) is 0.577. The number of benzene rings is 1. The molecular weight excluding hydrogens is 280 g/mol. The summed E-state index contributed by atoms with van der Waals surface area (Å²) in [5.41, 5.74) is 0.969. The predicted octanol–water partition coefficient (Wildman–Crippen LogP) is 3.76. The molecule has 0 atom stereocenters. The molecule has 0 saturated heterocycles. The van der Waals surface area contributed by atoms with Crippen molar-refractivity contribution in [1.82, 2.24) is 0 Å². The Hall–Kier alpha value is -1.71. The third-order valence-corrected chi connectivity index (χ3v) is 4.29. The molecule has 0 bridgehead atoms. The highest BCUT2D eigenvalue weighted by Crippen LogP contribution is 2.31. The number of esters is 1. The molecule has 122 valence electrons. The van der Waals surface area contributed by atoms with Crippen LogP contribution in [0.1, 0.15) is 44.1 Å². The lowest BCUT2D eigenvalue weighted by Crippen LogP contribution is -2.17. The van der Waals surface area contributed by atoms with Gasteiger partial charge in [-0.1, -0.05) is 31.4 Å². The molecule has 0 N–H and O–H groups in total. The summed E-state index contributed by atoms with van der Waals surface area (Å²) in [5.74, 6) is 1.82. The Morgan fingerprint density at radius 3 is 2.59 bits per heavy atom. The molecule has 1 aromatic rings. The summed E-state index contributed by atoms with van der Waals surface area (Å²) in [6.07, 6.45) is 7.21. The molecule has 4 nitrogen and oxygen atoms in total. The van der Waals surface area contributed by atoms with Gasteiger partial charge in [0.2, 0.25) is 0 Å². The maximum absolute atomic E-state index is 11.9. The first kappa shape index (κ1) is 16.7. The van der Waals surface area contributed by atoms with Gasteiger partial charge in [0.25, 0.3) is 0 Å². The molecule has 0 unspecified atom stereocenters. The summed E-state index contributed by atoms with van der Waals surface area (Å²) in [7, 11) is 3.23. The molecule has 4 heteroatoms. The molecule has 0 spiro atoms. The lowest BCUT2D eigenvalue weighted by molar-refractivity contribution is -0.145. The van der Waals surface area contributed by atoms with E-state index in [0.29, 0.717) is 36.9 Å². The Morgan fingerprint density at radius 1 is 1.14 bits per heavy atom. The highest BCUT2D eigenvalue weighted by molar-refractivity contribution is 5.70. The van der Waals surface area contributed by atoms with Gasteiger partial charge in [-0.15, -0.1) is 0 Å². The van der Waals surface area contributed by atoms with Crippen molar-refractivity contribution in [2.75, 3.05) is 20.8 Å². The van der Waals surface area contributed by atoms with Crippen LogP contribution in [0.3, 0.4) is 0 Å². The monoisotopic (exact) mass is 306 g/mol. The topological polar surface area (TPSA) is 44.8 Å². The zero-order valence-corrected chi connectivity index (χ0v) is 13.6. The van der Waals surface area contributed by atoms with Gasteiger partial charge in [-0.2, -0.15) is 0 Å². The molecule has 0 heterocycles. The average molecular weight is 306 g/mol. The molecule has 0 radical (unpaired) electrons. The molecule has 1 aromatic carbocycles. The SMILES string of the molecule is COc1cccc(CCC(=O)OCC2CCCCC2)c1OC. The van der Waals surface area contributed by atoms with Crippen LogP contribution in [0.4, 0.5) is 0 Å². The fourth-order valence-electron chi connectivity index (χ4n) is 3.02. The van der Waals surface area contributed by atoms with Gasteiger partial charge in [-0.25, -0.2) is 0 Å². The lowest BCUT2D eigenvalue weighted by atomic mass is 9.90. The van der Waals surface area contributed by atoms with E-state index in [0.717, 1.165) is 5.56 Å². The maximum Gasteiger partial charge on any atom is 0.306 e. The number of carbonyl (C=O) groups excluding carboxylic acids is 1. The first-order valence-corrected chi connectivity index (χ1v) is 8.10. The summed E-state index contributed by atoms with van der Waals surface area (Å²) in [6, 6.07) is 5.71. The number of para-hydroxylation sites is 1. The Labute approximate surface area is 132 Å². The van der Waals surface area contributed by atoms with Crippen LogP contribution >= 0.6 is 0 Å². The van der Waals surface area contributed by atoms with Gasteiger partial charge in [-0.05, 0) is 36.8 Å². The molecule has 0 amide bonds. The third kappa shape index (κ3) is 4.65. The van der Waals surface area contributed by atoms with E-state index in [1.807, 2.05) is 18.2 Å². The summed E-state index contributed by atoms with van der Waals surface area (Å²) in [4.78, 5) is 11.9. The standard InChI is InChI=1S/C18H26O4/c1-20-16-10-6-9-15(18(16)21-2)11-12-17(19)22-13-14-7-4-3-5-8-14/h6,9-10,14H,3-5,7-8,11-13H2,1-2H3. The molecule has 1 aliphatic carbocycles. The van der Waals surface area contributed by atoms with Crippen LogP contribution in [-0.4, -0.2) is 26.8 Å². The van der Waals surface area contributed by atoms with Crippen molar-refractivity contribution in [1.29, 1.82) is 0 Å². The Kier molecular flexibility index (Phi) is 6.56. The van der Waals surface area contributed by atoms with Crippen LogP contribution in [0.15, 0.2) is 18.2 Å². The van der Waals surface area contributed by atoms with Crippen LogP contribution in [-0.2, 0) is 16.0 Å². The van der Waals surface area contributed by atoms with E-state index < -0.39 is 0 Å². The molecule has 2 rings (SSSR count). The predicted molar refractivity (Wildman–Crippen MR) is 85.4 cm³/mol. The zero-order chi connectivity index (χ0) is 15.8. The summed E-state index contributed by atoms with van der Waals surface area (Å²) in [5, 5.41) is 0. The summed E-state index contributed by atoms with van der Waals surface area (Å²) >= 11 is 0. The lowest BCUT2D eigenvalue weighted by Gasteiger charge is -2.21. The minimum atomic E-state index is -0.129. The first-order valence-electron chi connectivity index (χ1n) is 8.10. The van der Waals surface area contributed by atoms with Crippen molar-refractivity contribution in [3.63, 3.8) is 0 Å². The van der Waals surface area contributed by atoms with Gasteiger partial charge in [-0.3, -0.25) is 4.79 Å². The number of methoxy groups -OCH3 is 2. The number of hydrogen-bond acceptors (Lipinski definition) is 4. The number of rotatable bonds is 7. The average Bonchev–Trinajstić information content (AvgIpc) is 2.58. The van der Waals surface area contributed by atoms with E-state index >= 15 is 0 Å². The molecule has 1 saturated carbocycles. The van der Waals surface area contributed by atoms with Crippen molar-refractivity contribution in [2.24, 2.45) is 5.92 Å². The molecule has 22 heavy (non-hydrogen) atoms. The highest BCUT2D eigenvalue weighted by Gasteiger charge is 2.16. The quantitative estimate of drug-likeness (QED) is 0.720. The van der Waals surface area contributed by atoms with Crippen LogP contribution in [0, 0.1) is 5.92 Å². The number of hydrogen-bond donors (Lipinski definition) is 0. The van der Waals surface area contributed by atoms with Gasteiger partial charge < -0.3 is 14.2 Å². The number of carbonyl (C=O) groups is 1. The Morgan fingerprint density at radius 2 is 1.91 bits per heavy atom. The molecule has 0 aromatic heterocycles. The fraction of sp³-hybridized carbons (Fsp3) is 0.611. The van der Waals surface area contributed by atoms with E-state index in [2.05, 4.69) is 0 Å². The van der Waals surface area contributed by atoms with Gasteiger partial charge in [0, 0.05) is 6.42 Å². The normalized spacial score (nSPS) is 15.4. The molecule has 0 aliphatic heterocycles. The van der Waals surface area contributed by atoms with Crippen molar-refractivity contribution < 1.29 is 19.0 Å². The van der Waals surface area contributed by atoms with Crippen LogP contribution in [0.25, 0.3) is 0 Å². The van der Waals surface area contributed by atoms with E-state index in [1.165, 1.54) is 32.1 Å². The second-order valence-corrected chi connectivity index (χ2v) is 5.84. The molecule has 1 aliphatic rings. The van der Waals surface area contributed by atoms with E-state index in [-0.39, 0.29) is 5.97 Å². The second kappa shape index (κ2) is 8.66. The minimum Gasteiger partial charge on any atom is -0.493 e. The number of ether oxygens (including phenoxy) is 3. The Bertz CT molecular complexity index is 478. The molecular formula is C18H26O4. The largest absolute Gasteiger partial charge is 0.493 e. The minimum absolute atomic E-state index is 0.129. The fourth-order valence-corrected chi connectivity index (χ4v) is 3.02. The van der Waals surface area contributed by atoms with Crippen LogP contribution in [0.2, 0.25) is 0 Å². The van der Waals surface area contributed by atoms with Crippen molar-refractivity contribution in [3.8, 4) is 11.5 Å². The van der Waals surface area contributed by atoms with Crippen LogP contribution in [0.5, 0.6) is 11.5 Å². The third-order valence-electron chi connectivity index (χ3n) is 4.29. The van der Waals surface area contributed by atoms with E-state index in [4.69, 9.17) is 14.2 Å². The Balaban J connectivity index is 1.80. The van der Waals surface area contributed by atoms with E-state index in [1.54, 1.807) is 14.2 Å². The summed E-state index contributed by atoms with van der Waals surface area (Å²) < 4.78 is 16.1. The maximum atomic E-state index is 11.9. The van der Waals surface area contributed by atoms with Crippen molar-refractivity contribution >= 4 is 5.97 Å². The van der Waals surface area contributed by atoms with E-state index in [9.17, 15) is 4.79 Å². The smallest absolute Gasteiger partial charge is 0.306 e. The van der Waals surface area contributed by atoms with Crippen molar-refractivity contribution in [3.05, 3.63) is 23.8 Å². The first-order chi connectivity index (χ1) is 10.7. The molecule has 1 fully saturated rings. The van der Waals surface area contributed by atoms with Crippen LogP contribution < -0.4 is 9.47 Å². The van der Waals surface area contributed by atoms with Gasteiger partial charge >= 0.3 is 5.97 Å². The van der Waals surface area contributed by atoms with Gasteiger partial charge in [0.1, 0.15) is 0 Å². The highest BCUT2D eigenvalue weighted by atomic mass is 16.5. The zero-order valence-electron chi connectivity index (χ0n) is 13.6. The van der Waals surface area contributed by atoms with Crippen molar-refractivity contribution in [2.45, 2.75) is 44.9 Å². The second-order valence-electron chi connectivity index (χ2n) is 5.84. The van der Waals surface area contributed by atoms with Gasteiger partial charge in [0.15, 0.2) is 11.5 Å². The van der Waals surface area contributed by atoms with Gasteiger partial charge in [0.05, 0.1) is 20.8 Å². The number of aryl methyl sites for hydroxylation is 1.